The zero-order chi connectivity index (χ0) is 22.1. The molecular formula is C26H22N2O4. The highest BCUT2D eigenvalue weighted by Gasteiger charge is 2.46. The van der Waals surface area contributed by atoms with Crippen LogP contribution in [0.4, 0.5) is 0 Å². The number of amides is 1. The standard InChI is InChI=1S/C26H22N2O4/c29-24(19-11-12-21-18(15-19)9-6-14-32-21)22-23(17-7-2-1-3-8-17)28(26(31)25(22)30)16-20-10-4-5-13-27-20/h1-5,7-8,10-13,15,23,29H,6,9,14,16H2/b24-22-. The van der Waals surface area contributed by atoms with Crippen molar-refractivity contribution in [3.8, 4) is 5.75 Å². The maximum Gasteiger partial charge on any atom is 0.296 e. The van der Waals surface area contributed by atoms with E-state index >= 15 is 0 Å². The Morgan fingerprint density at radius 1 is 1.06 bits per heavy atom. The van der Waals surface area contributed by atoms with E-state index in [1.807, 2.05) is 54.6 Å². The Bertz CT molecular complexity index is 1210. The molecule has 2 aliphatic heterocycles. The van der Waals surface area contributed by atoms with Gasteiger partial charge in [-0.05, 0) is 54.3 Å². The fraction of sp³-hybridized carbons (Fsp3) is 0.192. The van der Waals surface area contributed by atoms with Crippen molar-refractivity contribution in [1.82, 2.24) is 9.88 Å². The van der Waals surface area contributed by atoms with E-state index in [1.54, 1.807) is 18.3 Å². The van der Waals surface area contributed by atoms with E-state index in [-0.39, 0.29) is 17.9 Å². The molecule has 6 nitrogen and oxygen atoms in total. The van der Waals surface area contributed by atoms with Crippen molar-refractivity contribution in [2.75, 3.05) is 6.61 Å². The van der Waals surface area contributed by atoms with E-state index in [4.69, 9.17) is 4.74 Å². The highest BCUT2D eigenvalue weighted by Crippen LogP contribution is 2.40. The fourth-order valence-electron chi connectivity index (χ4n) is 4.35. The van der Waals surface area contributed by atoms with Crippen LogP contribution in [0.2, 0.25) is 0 Å². The number of ketones is 1. The lowest BCUT2D eigenvalue weighted by molar-refractivity contribution is -0.140. The zero-order valence-electron chi connectivity index (χ0n) is 17.4. The number of aryl methyl sites for hydroxylation is 1. The summed E-state index contributed by atoms with van der Waals surface area (Å²) in [6.45, 7) is 0.838. The number of aliphatic hydroxyl groups excluding tert-OH is 1. The summed E-state index contributed by atoms with van der Waals surface area (Å²) in [5.41, 5.74) is 3.01. The third-order valence-electron chi connectivity index (χ3n) is 5.90. The number of Topliss-reactive ketones (excluding diaryl/α,β-unsaturated/α-hetero) is 1. The summed E-state index contributed by atoms with van der Waals surface area (Å²) in [5, 5.41) is 11.2. The maximum absolute atomic E-state index is 13.1. The molecule has 3 aromatic rings. The van der Waals surface area contributed by atoms with Gasteiger partial charge in [-0.3, -0.25) is 14.6 Å². The van der Waals surface area contributed by atoms with Gasteiger partial charge in [0.25, 0.3) is 11.7 Å². The number of carbonyl (C=O) groups excluding carboxylic acids is 2. The molecule has 160 valence electrons. The van der Waals surface area contributed by atoms with E-state index in [0.29, 0.717) is 17.9 Å². The highest BCUT2D eigenvalue weighted by atomic mass is 16.5. The number of pyridine rings is 1. The molecule has 6 heteroatoms. The van der Waals surface area contributed by atoms with Crippen LogP contribution in [0.25, 0.3) is 5.76 Å². The van der Waals surface area contributed by atoms with E-state index in [0.717, 1.165) is 29.7 Å². The monoisotopic (exact) mass is 426 g/mol. The van der Waals surface area contributed by atoms with Crippen LogP contribution in [-0.4, -0.2) is 33.3 Å². The summed E-state index contributed by atoms with van der Waals surface area (Å²) in [4.78, 5) is 32.0. The molecule has 1 amide bonds. The quantitative estimate of drug-likeness (QED) is 0.387. The average molecular weight is 426 g/mol. The van der Waals surface area contributed by atoms with Gasteiger partial charge in [-0.15, -0.1) is 0 Å². The van der Waals surface area contributed by atoms with Crippen LogP contribution < -0.4 is 4.74 Å². The van der Waals surface area contributed by atoms with Crippen molar-refractivity contribution in [2.24, 2.45) is 0 Å². The number of hydrogen-bond donors (Lipinski definition) is 1. The van der Waals surface area contributed by atoms with Crippen molar-refractivity contribution in [2.45, 2.75) is 25.4 Å². The van der Waals surface area contributed by atoms with Crippen LogP contribution in [0, 0.1) is 0 Å². The predicted molar refractivity (Wildman–Crippen MR) is 119 cm³/mol. The number of aliphatic hydroxyl groups is 1. The molecule has 1 fully saturated rings. The zero-order valence-corrected chi connectivity index (χ0v) is 17.4. The van der Waals surface area contributed by atoms with Crippen molar-refractivity contribution >= 4 is 17.4 Å². The fourth-order valence-corrected chi connectivity index (χ4v) is 4.35. The second kappa shape index (κ2) is 8.30. The summed E-state index contributed by atoms with van der Waals surface area (Å²) in [6, 6.07) is 19.4. The minimum absolute atomic E-state index is 0.0915. The maximum atomic E-state index is 13.1. The van der Waals surface area contributed by atoms with Crippen molar-refractivity contribution in [3.63, 3.8) is 0 Å². The van der Waals surface area contributed by atoms with Crippen LogP contribution >= 0.6 is 0 Å². The number of carbonyl (C=O) groups is 2. The summed E-state index contributed by atoms with van der Waals surface area (Å²) in [6.07, 6.45) is 3.39. The lowest BCUT2D eigenvalue weighted by Crippen LogP contribution is -2.29. The first kappa shape index (κ1) is 20.0. The van der Waals surface area contributed by atoms with Gasteiger partial charge in [0.05, 0.1) is 30.5 Å². The molecule has 0 saturated carbocycles. The van der Waals surface area contributed by atoms with Gasteiger partial charge in [0.15, 0.2) is 0 Å². The number of likely N-dealkylation sites (tertiary alicyclic amines) is 1. The molecule has 1 aromatic heterocycles. The van der Waals surface area contributed by atoms with Gasteiger partial charge in [0, 0.05) is 11.8 Å². The largest absolute Gasteiger partial charge is 0.507 e. The number of benzene rings is 2. The molecule has 1 unspecified atom stereocenters. The SMILES string of the molecule is O=C1C(=O)N(Cc2ccccn2)C(c2ccccc2)/C1=C(/O)c1ccc2c(c1)CCCO2. The van der Waals surface area contributed by atoms with Crippen molar-refractivity contribution in [3.05, 3.63) is 101 Å². The molecule has 0 radical (unpaired) electrons. The van der Waals surface area contributed by atoms with E-state index in [2.05, 4.69) is 4.98 Å². The minimum Gasteiger partial charge on any atom is -0.507 e. The molecule has 1 N–H and O–H groups in total. The lowest BCUT2D eigenvalue weighted by Gasteiger charge is -2.25. The Hall–Kier alpha value is -3.93. The van der Waals surface area contributed by atoms with Gasteiger partial charge in [-0.2, -0.15) is 0 Å². The van der Waals surface area contributed by atoms with Crippen molar-refractivity contribution in [1.29, 1.82) is 0 Å². The second-order valence-electron chi connectivity index (χ2n) is 7.93. The van der Waals surface area contributed by atoms with Gasteiger partial charge in [0.2, 0.25) is 0 Å². The van der Waals surface area contributed by atoms with Crippen LogP contribution in [-0.2, 0) is 22.6 Å². The Morgan fingerprint density at radius 2 is 1.88 bits per heavy atom. The molecule has 0 aliphatic carbocycles. The second-order valence-corrected chi connectivity index (χ2v) is 7.93. The van der Waals surface area contributed by atoms with Gasteiger partial charge in [-0.1, -0.05) is 36.4 Å². The summed E-state index contributed by atoms with van der Waals surface area (Å²) in [5.74, 6) is -0.717. The Labute approximate surface area is 185 Å². The third-order valence-corrected chi connectivity index (χ3v) is 5.90. The summed E-state index contributed by atoms with van der Waals surface area (Å²) >= 11 is 0. The molecule has 2 aliphatic rings. The first-order valence-corrected chi connectivity index (χ1v) is 10.6. The third kappa shape index (κ3) is 3.54. The highest BCUT2D eigenvalue weighted by molar-refractivity contribution is 6.46. The molecular weight excluding hydrogens is 404 g/mol. The van der Waals surface area contributed by atoms with E-state index in [1.165, 1.54) is 4.90 Å². The Kier molecular flexibility index (Phi) is 5.19. The first-order valence-electron chi connectivity index (χ1n) is 10.6. The van der Waals surface area contributed by atoms with Crippen LogP contribution in [0.3, 0.4) is 0 Å². The number of fused-ring (bicyclic) bond motifs is 1. The van der Waals surface area contributed by atoms with Crippen LogP contribution in [0.5, 0.6) is 5.75 Å². The van der Waals surface area contributed by atoms with Crippen LogP contribution in [0.1, 0.15) is 34.8 Å². The molecule has 5 rings (SSSR count). The average Bonchev–Trinajstić information content (AvgIpc) is 3.09. The van der Waals surface area contributed by atoms with Gasteiger partial charge < -0.3 is 14.7 Å². The Balaban J connectivity index is 1.62. The molecule has 0 spiro atoms. The number of hydrogen-bond acceptors (Lipinski definition) is 5. The van der Waals surface area contributed by atoms with E-state index < -0.39 is 17.7 Å². The normalized spacial score (nSPS) is 19.5. The van der Waals surface area contributed by atoms with Crippen LogP contribution in [0.15, 0.2) is 78.5 Å². The first-order chi connectivity index (χ1) is 15.6. The number of ether oxygens (including phenoxy) is 1. The number of aromatic nitrogens is 1. The summed E-state index contributed by atoms with van der Waals surface area (Å²) in [7, 11) is 0. The molecule has 1 atom stereocenters. The number of rotatable bonds is 4. The van der Waals surface area contributed by atoms with Gasteiger partial charge in [0.1, 0.15) is 11.5 Å². The summed E-state index contributed by atoms with van der Waals surface area (Å²) < 4.78 is 5.66. The van der Waals surface area contributed by atoms with Gasteiger partial charge in [-0.25, -0.2) is 0 Å². The molecule has 0 bridgehead atoms. The molecule has 1 saturated heterocycles. The smallest absolute Gasteiger partial charge is 0.296 e. The lowest BCUT2D eigenvalue weighted by atomic mass is 9.94. The van der Waals surface area contributed by atoms with E-state index in [9.17, 15) is 14.7 Å². The minimum atomic E-state index is -0.703. The van der Waals surface area contributed by atoms with Gasteiger partial charge >= 0.3 is 0 Å². The van der Waals surface area contributed by atoms with Crippen molar-refractivity contribution < 1.29 is 19.4 Å². The Morgan fingerprint density at radius 3 is 2.66 bits per heavy atom. The molecule has 32 heavy (non-hydrogen) atoms. The molecule has 2 aromatic carbocycles. The number of nitrogens with zero attached hydrogens (tertiary/aromatic N) is 2. The predicted octanol–water partition coefficient (Wildman–Crippen LogP) is 4.03. The topological polar surface area (TPSA) is 79.7 Å². The molecule has 3 heterocycles.